The van der Waals surface area contributed by atoms with E-state index in [1.165, 1.54) is 34.2 Å². The number of rotatable bonds is 7. The quantitative estimate of drug-likeness (QED) is 0.465. The van der Waals surface area contributed by atoms with Gasteiger partial charge in [-0.2, -0.15) is 0 Å². The number of aryl methyl sites for hydroxylation is 2. The van der Waals surface area contributed by atoms with Crippen molar-refractivity contribution < 1.29 is 4.79 Å². The van der Waals surface area contributed by atoms with Crippen LogP contribution in [0.5, 0.6) is 0 Å². The minimum atomic E-state index is -0.0527. The molecule has 28 heavy (non-hydrogen) atoms. The van der Waals surface area contributed by atoms with Crippen molar-refractivity contribution in [2.75, 3.05) is 5.75 Å². The number of benzene rings is 1. The Hall–Kier alpha value is -2.12. The fourth-order valence-electron chi connectivity index (χ4n) is 2.81. The maximum atomic E-state index is 13.1. The molecule has 0 saturated carbocycles. The average molecular weight is 416 g/mol. The zero-order valence-electron chi connectivity index (χ0n) is 16.6. The van der Waals surface area contributed by atoms with Gasteiger partial charge in [-0.3, -0.25) is 14.2 Å². The van der Waals surface area contributed by atoms with Crippen LogP contribution in [0.15, 0.2) is 39.6 Å². The third-order valence-electron chi connectivity index (χ3n) is 4.79. The van der Waals surface area contributed by atoms with Gasteiger partial charge in [0.1, 0.15) is 4.70 Å². The van der Waals surface area contributed by atoms with E-state index in [9.17, 15) is 9.59 Å². The molecule has 3 rings (SSSR count). The van der Waals surface area contributed by atoms with Crippen LogP contribution in [0.2, 0.25) is 0 Å². The second kappa shape index (κ2) is 8.92. The number of thiophene rings is 1. The number of fused-ring (bicyclic) bond motifs is 1. The van der Waals surface area contributed by atoms with Crippen LogP contribution in [-0.4, -0.2) is 27.3 Å². The van der Waals surface area contributed by atoms with Gasteiger partial charge in [-0.1, -0.05) is 36.9 Å². The molecule has 1 N–H and O–H groups in total. The maximum Gasteiger partial charge on any atom is 0.272 e. The van der Waals surface area contributed by atoms with Gasteiger partial charge in [0, 0.05) is 6.04 Å². The topological polar surface area (TPSA) is 64.0 Å². The Kier molecular flexibility index (Phi) is 6.57. The Bertz CT molecular complexity index is 1060. The van der Waals surface area contributed by atoms with Crippen LogP contribution in [0.25, 0.3) is 10.2 Å². The molecular weight excluding hydrogens is 390 g/mol. The Labute approximate surface area is 173 Å². The lowest BCUT2D eigenvalue weighted by molar-refractivity contribution is -0.119. The standard InChI is InChI=1S/C21H25N3O2S2/c1-5-15(4)22-18(25)12-28-21-23-17-8-9-27-19(17)20(26)24(21)11-16-7-6-13(2)14(3)10-16/h6-10,15H,5,11-12H2,1-4H3,(H,22,25)/t15-/m0/s1. The normalized spacial score (nSPS) is 12.3. The number of carbonyl (C=O) groups excluding carboxylic acids is 1. The number of hydrogen-bond acceptors (Lipinski definition) is 5. The first-order valence-electron chi connectivity index (χ1n) is 9.35. The van der Waals surface area contributed by atoms with Gasteiger partial charge in [-0.15, -0.1) is 11.3 Å². The summed E-state index contributed by atoms with van der Waals surface area (Å²) in [6.45, 7) is 8.59. The third-order valence-corrected chi connectivity index (χ3v) is 6.66. The highest BCUT2D eigenvalue weighted by atomic mass is 32.2. The largest absolute Gasteiger partial charge is 0.353 e. The van der Waals surface area contributed by atoms with Crippen molar-refractivity contribution in [2.45, 2.75) is 51.9 Å². The number of carbonyl (C=O) groups is 1. The Balaban J connectivity index is 1.91. The van der Waals surface area contributed by atoms with Crippen molar-refractivity contribution in [3.8, 4) is 0 Å². The molecule has 1 atom stereocenters. The zero-order valence-corrected chi connectivity index (χ0v) is 18.2. The Morgan fingerprint density at radius 2 is 2.07 bits per heavy atom. The fourth-order valence-corrected chi connectivity index (χ4v) is 4.39. The Morgan fingerprint density at radius 3 is 2.79 bits per heavy atom. The molecule has 0 aliphatic heterocycles. The number of aromatic nitrogens is 2. The lowest BCUT2D eigenvalue weighted by Crippen LogP contribution is -2.33. The minimum absolute atomic E-state index is 0.0447. The second-order valence-corrected chi connectivity index (χ2v) is 8.86. The summed E-state index contributed by atoms with van der Waals surface area (Å²) < 4.78 is 2.33. The Morgan fingerprint density at radius 1 is 1.29 bits per heavy atom. The number of nitrogens with one attached hydrogen (secondary N) is 1. The predicted molar refractivity (Wildman–Crippen MR) is 118 cm³/mol. The molecule has 2 aromatic heterocycles. The van der Waals surface area contributed by atoms with Crippen molar-refractivity contribution in [3.05, 3.63) is 56.7 Å². The monoisotopic (exact) mass is 415 g/mol. The highest BCUT2D eigenvalue weighted by Gasteiger charge is 2.15. The van der Waals surface area contributed by atoms with E-state index in [0.717, 1.165) is 12.0 Å². The van der Waals surface area contributed by atoms with Crippen molar-refractivity contribution in [1.29, 1.82) is 0 Å². The van der Waals surface area contributed by atoms with Gasteiger partial charge in [-0.25, -0.2) is 4.98 Å². The molecule has 148 valence electrons. The number of hydrogen-bond donors (Lipinski definition) is 1. The van der Waals surface area contributed by atoms with E-state index in [1.807, 2.05) is 31.4 Å². The highest BCUT2D eigenvalue weighted by molar-refractivity contribution is 7.99. The van der Waals surface area contributed by atoms with E-state index in [4.69, 9.17) is 0 Å². The SMILES string of the molecule is CC[C@H](C)NC(=O)CSc1nc2ccsc2c(=O)n1Cc1ccc(C)c(C)c1. The van der Waals surface area contributed by atoms with Gasteiger partial charge in [0.25, 0.3) is 5.56 Å². The predicted octanol–water partition coefficient (Wildman–Crippen LogP) is 4.13. The molecule has 0 fully saturated rings. The van der Waals surface area contributed by atoms with Gasteiger partial charge in [0.2, 0.25) is 5.91 Å². The third kappa shape index (κ3) is 4.64. The van der Waals surface area contributed by atoms with E-state index in [-0.39, 0.29) is 23.3 Å². The maximum absolute atomic E-state index is 13.1. The summed E-state index contributed by atoms with van der Waals surface area (Å²) in [5.41, 5.74) is 4.10. The molecule has 0 radical (unpaired) electrons. The molecule has 2 heterocycles. The van der Waals surface area contributed by atoms with E-state index >= 15 is 0 Å². The molecule has 7 heteroatoms. The van der Waals surface area contributed by atoms with Gasteiger partial charge in [0.05, 0.1) is 17.8 Å². The van der Waals surface area contributed by atoms with E-state index in [2.05, 4.69) is 36.3 Å². The first kappa shape index (κ1) is 20.6. The summed E-state index contributed by atoms with van der Waals surface area (Å²) in [7, 11) is 0. The van der Waals surface area contributed by atoms with E-state index in [1.54, 1.807) is 4.57 Å². The van der Waals surface area contributed by atoms with Crippen LogP contribution in [0, 0.1) is 13.8 Å². The van der Waals surface area contributed by atoms with Crippen LogP contribution >= 0.6 is 23.1 Å². The van der Waals surface area contributed by atoms with E-state index in [0.29, 0.717) is 21.9 Å². The second-order valence-electron chi connectivity index (χ2n) is 7.00. The van der Waals surface area contributed by atoms with Crippen LogP contribution in [0.3, 0.4) is 0 Å². The highest BCUT2D eigenvalue weighted by Crippen LogP contribution is 2.22. The van der Waals surface area contributed by atoms with Crippen molar-refractivity contribution in [2.24, 2.45) is 0 Å². The van der Waals surface area contributed by atoms with Crippen molar-refractivity contribution in [1.82, 2.24) is 14.9 Å². The minimum Gasteiger partial charge on any atom is -0.353 e. The molecular formula is C21H25N3O2S2. The average Bonchev–Trinajstić information content (AvgIpc) is 3.14. The summed E-state index contributed by atoms with van der Waals surface area (Å²) >= 11 is 2.72. The summed E-state index contributed by atoms with van der Waals surface area (Å²) in [6, 6.07) is 8.20. The molecule has 0 spiro atoms. The van der Waals surface area contributed by atoms with Crippen LogP contribution in [-0.2, 0) is 11.3 Å². The molecule has 5 nitrogen and oxygen atoms in total. The number of thioether (sulfide) groups is 1. The lowest BCUT2D eigenvalue weighted by Gasteiger charge is -2.14. The molecule has 3 aromatic rings. The van der Waals surface area contributed by atoms with Crippen molar-refractivity contribution in [3.63, 3.8) is 0 Å². The van der Waals surface area contributed by atoms with Gasteiger partial charge < -0.3 is 5.32 Å². The van der Waals surface area contributed by atoms with Crippen molar-refractivity contribution >= 4 is 39.2 Å². The molecule has 1 amide bonds. The molecule has 0 bridgehead atoms. The first-order valence-corrected chi connectivity index (χ1v) is 11.2. The molecule has 0 aliphatic carbocycles. The van der Waals surface area contributed by atoms with E-state index < -0.39 is 0 Å². The van der Waals surface area contributed by atoms with Crippen LogP contribution in [0.1, 0.15) is 37.0 Å². The number of nitrogens with zero attached hydrogens (tertiary/aromatic N) is 2. The summed E-state index contributed by atoms with van der Waals surface area (Å²) in [5.74, 6) is 0.191. The fraction of sp³-hybridized carbons (Fsp3) is 0.381. The van der Waals surface area contributed by atoms with Gasteiger partial charge >= 0.3 is 0 Å². The number of amides is 1. The molecule has 0 unspecified atom stereocenters. The van der Waals surface area contributed by atoms with Crippen LogP contribution in [0.4, 0.5) is 0 Å². The summed E-state index contributed by atoms with van der Waals surface area (Å²) in [6.07, 6.45) is 0.882. The van der Waals surface area contributed by atoms with Crippen LogP contribution < -0.4 is 10.9 Å². The van der Waals surface area contributed by atoms with Gasteiger partial charge in [-0.05, 0) is 55.3 Å². The molecule has 0 aliphatic rings. The molecule has 1 aromatic carbocycles. The summed E-state index contributed by atoms with van der Waals surface area (Å²) in [5, 5.41) is 5.41. The first-order chi connectivity index (χ1) is 13.4. The lowest BCUT2D eigenvalue weighted by atomic mass is 10.1. The molecule has 0 saturated heterocycles. The zero-order chi connectivity index (χ0) is 20.3. The van der Waals surface area contributed by atoms with Gasteiger partial charge in [0.15, 0.2) is 5.16 Å². The smallest absolute Gasteiger partial charge is 0.272 e. The summed E-state index contributed by atoms with van der Waals surface area (Å²) in [4.78, 5) is 29.9.